The van der Waals surface area contributed by atoms with E-state index in [0.29, 0.717) is 6.61 Å². The first-order chi connectivity index (χ1) is 8.20. The number of hydrogen-bond acceptors (Lipinski definition) is 3. The molecular formula is C12H20N2O3. The molecule has 0 radical (unpaired) electrons. The van der Waals surface area contributed by atoms with Crippen LogP contribution < -0.4 is 10.6 Å². The monoisotopic (exact) mass is 240 g/mol. The SMILES string of the molecule is CNC(=O)[C@@H]1CC[C@H](NC(=O)[C@@H]2CCCO2)C1. The molecule has 1 heterocycles. The molecule has 17 heavy (non-hydrogen) atoms. The summed E-state index contributed by atoms with van der Waals surface area (Å²) in [5, 5.41) is 5.65. The normalized spacial score (nSPS) is 32.4. The predicted octanol–water partition coefficient (Wildman–Crippen LogP) is 0.196. The van der Waals surface area contributed by atoms with Crippen molar-refractivity contribution in [3.8, 4) is 0 Å². The zero-order valence-electron chi connectivity index (χ0n) is 10.2. The fourth-order valence-electron chi connectivity index (χ4n) is 2.63. The number of nitrogens with one attached hydrogen (secondary N) is 2. The van der Waals surface area contributed by atoms with Crippen LogP contribution in [0.25, 0.3) is 0 Å². The van der Waals surface area contributed by atoms with Gasteiger partial charge in [0.2, 0.25) is 11.8 Å². The smallest absolute Gasteiger partial charge is 0.249 e. The molecule has 2 N–H and O–H groups in total. The van der Waals surface area contributed by atoms with Gasteiger partial charge < -0.3 is 15.4 Å². The Hall–Kier alpha value is -1.10. The molecule has 96 valence electrons. The summed E-state index contributed by atoms with van der Waals surface area (Å²) in [6.07, 6.45) is 4.00. The Morgan fingerprint density at radius 2 is 2.00 bits per heavy atom. The van der Waals surface area contributed by atoms with Crippen LogP contribution in [0.4, 0.5) is 0 Å². The Balaban J connectivity index is 1.77. The van der Waals surface area contributed by atoms with Crippen molar-refractivity contribution >= 4 is 11.8 Å². The van der Waals surface area contributed by atoms with Crippen molar-refractivity contribution in [1.29, 1.82) is 0 Å². The van der Waals surface area contributed by atoms with Gasteiger partial charge >= 0.3 is 0 Å². The van der Waals surface area contributed by atoms with Gasteiger partial charge in [0.25, 0.3) is 0 Å². The van der Waals surface area contributed by atoms with Gasteiger partial charge in [-0.15, -0.1) is 0 Å². The Morgan fingerprint density at radius 3 is 2.65 bits per heavy atom. The largest absolute Gasteiger partial charge is 0.368 e. The van der Waals surface area contributed by atoms with Crippen LogP contribution in [0, 0.1) is 5.92 Å². The Bertz CT molecular complexity index is 300. The maximum Gasteiger partial charge on any atom is 0.249 e. The van der Waals surface area contributed by atoms with Crippen LogP contribution in [0.3, 0.4) is 0 Å². The number of rotatable bonds is 3. The van der Waals surface area contributed by atoms with E-state index in [1.807, 2.05) is 0 Å². The predicted molar refractivity (Wildman–Crippen MR) is 62.3 cm³/mol. The molecule has 0 bridgehead atoms. The Labute approximate surface area is 101 Å². The van der Waals surface area contributed by atoms with Gasteiger partial charge in [0.15, 0.2) is 0 Å². The molecule has 1 saturated heterocycles. The third kappa shape index (κ3) is 2.97. The van der Waals surface area contributed by atoms with E-state index in [0.717, 1.165) is 32.1 Å². The summed E-state index contributed by atoms with van der Waals surface area (Å²) in [6, 6.07) is 0.133. The molecule has 0 aromatic heterocycles. The summed E-state index contributed by atoms with van der Waals surface area (Å²) in [4.78, 5) is 23.3. The molecule has 5 heteroatoms. The molecule has 5 nitrogen and oxygen atoms in total. The van der Waals surface area contributed by atoms with E-state index in [4.69, 9.17) is 4.74 Å². The first kappa shape index (κ1) is 12.4. The van der Waals surface area contributed by atoms with Gasteiger partial charge in [0.1, 0.15) is 6.10 Å². The average molecular weight is 240 g/mol. The van der Waals surface area contributed by atoms with Crippen LogP contribution in [0.15, 0.2) is 0 Å². The first-order valence-electron chi connectivity index (χ1n) is 6.34. The highest BCUT2D eigenvalue weighted by atomic mass is 16.5. The standard InChI is InChI=1S/C12H20N2O3/c1-13-11(15)8-4-5-9(7-8)14-12(16)10-3-2-6-17-10/h8-10H,2-7H2,1H3,(H,13,15)(H,14,16)/t8-,9+,10+/m1/s1. The molecule has 2 aliphatic rings. The van der Waals surface area contributed by atoms with E-state index < -0.39 is 0 Å². The lowest BCUT2D eigenvalue weighted by Crippen LogP contribution is -2.40. The maximum atomic E-state index is 11.8. The number of carbonyl (C=O) groups excluding carboxylic acids is 2. The van der Waals surface area contributed by atoms with Gasteiger partial charge in [-0.2, -0.15) is 0 Å². The molecule has 0 unspecified atom stereocenters. The van der Waals surface area contributed by atoms with Crippen molar-refractivity contribution in [3.05, 3.63) is 0 Å². The van der Waals surface area contributed by atoms with Crippen LogP contribution >= 0.6 is 0 Å². The molecule has 3 atom stereocenters. The van der Waals surface area contributed by atoms with Crippen molar-refractivity contribution in [3.63, 3.8) is 0 Å². The van der Waals surface area contributed by atoms with Gasteiger partial charge in [-0.25, -0.2) is 0 Å². The highest BCUT2D eigenvalue weighted by Crippen LogP contribution is 2.26. The first-order valence-corrected chi connectivity index (χ1v) is 6.34. The van der Waals surface area contributed by atoms with Crippen molar-refractivity contribution in [2.24, 2.45) is 5.92 Å². The second-order valence-corrected chi connectivity index (χ2v) is 4.83. The minimum absolute atomic E-state index is 0.00921. The van der Waals surface area contributed by atoms with Gasteiger partial charge in [0.05, 0.1) is 0 Å². The van der Waals surface area contributed by atoms with E-state index in [2.05, 4.69) is 10.6 Å². The van der Waals surface area contributed by atoms with Crippen LogP contribution in [0.2, 0.25) is 0 Å². The quantitative estimate of drug-likeness (QED) is 0.740. The van der Waals surface area contributed by atoms with Gasteiger partial charge in [-0.05, 0) is 32.1 Å². The average Bonchev–Trinajstić information content (AvgIpc) is 2.98. The van der Waals surface area contributed by atoms with Crippen LogP contribution in [0.5, 0.6) is 0 Å². The maximum absolute atomic E-state index is 11.8. The van der Waals surface area contributed by atoms with Crippen LogP contribution in [-0.2, 0) is 14.3 Å². The van der Waals surface area contributed by atoms with Gasteiger partial charge in [-0.1, -0.05) is 0 Å². The Kier molecular flexibility index (Phi) is 3.99. The third-order valence-corrected chi connectivity index (χ3v) is 3.62. The number of amides is 2. The molecule has 0 aromatic rings. The van der Waals surface area contributed by atoms with Gasteiger partial charge in [0, 0.05) is 25.6 Å². The molecule has 2 rings (SSSR count). The van der Waals surface area contributed by atoms with E-state index in [1.54, 1.807) is 7.05 Å². The number of hydrogen-bond donors (Lipinski definition) is 2. The molecule has 1 saturated carbocycles. The zero-order valence-corrected chi connectivity index (χ0v) is 10.2. The van der Waals surface area contributed by atoms with Crippen molar-refractivity contribution < 1.29 is 14.3 Å². The summed E-state index contributed by atoms with van der Waals surface area (Å²) >= 11 is 0. The summed E-state index contributed by atoms with van der Waals surface area (Å²) in [7, 11) is 1.65. The van der Waals surface area contributed by atoms with E-state index in [-0.39, 0.29) is 29.9 Å². The van der Waals surface area contributed by atoms with Gasteiger partial charge in [-0.3, -0.25) is 9.59 Å². The van der Waals surface area contributed by atoms with Crippen molar-refractivity contribution in [2.75, 3.05) is 13.7 Å². The molecule has 0 spiro atoms. The fourth-order valence-corrected chi connectivity index (χ4v) is 2.63. The minimum Gasteiger partial charge on any atom is -0.368 e. The number of ether oxygens (including phenoxy) is 1. The van der Waals surface area contributed by atoms with Crippen LogP contribution in [-0.4, -0.2) is 37.6 Å². The lowest BCUT2D eigenvalue weighted by molar-refractivity contribution is -0.131. The summed E-state index contributed by atoms with van der Waals surface area (Å²) in [6.45, 7) is 0.684. The molecular weight excluding hydrogens is 220 g/mol. The van der Waals surface area contributed by atoms with E-state index >= 15 is 0 Å². The minimum atomic E-state index is -0.269. The third-order valence-electron chi connectivity index (χ3n) is 3.62. The molecule has 1 aliphatic heterocycles. The van der Waals surface area contributed by atoms with Crippen molar-refractivity contribution in [2.45, 2.75) is 44.2 Å². The van der Waals surface area contributed by atoms with E-state index in [1.165, 1.54) is 0 Å². The van der Waals surface area contributed by atoms with Crippen LogP contribution in [0.1, 0.15) is 32.1 Å². The highest BCUT2D eigenvalue weighted by Gasteiger charge is 2.32. The topological polar surface area (TPSA) is 67.4 Å². The lowest BCUT2D eigenvalue weighted by atomic mass is 10.1. The molecule has 1 aliphatic carbocycles. The summed E-state index contributed by atoms with van der Waals surface area (Å²) < 4.78 is 5.33. The molecule has 2 fully saturated rings. The van der Waals surface area contributed by atoms with Crippen molar-refractivity contribution in [1.82, 2.24) is 10.6 Å². The zero-order chi connectivity index (χ0) is 12.3. The summed E-state index contributed by atoms with van der Waals surface area (Å²) in [5.41, 5.74) is 0. The molecule has 2 amide bonds. The number of carbonyl (C=O) groups is 2. The highest BCUT2D eigenvalue weighted by molar-refractivity contribution is 5.82. The van der Waals surface area contributed by atoms with E-state index in [9.17, 15) is 9.59 Å². The molecule has 0 aromatic carbocycles. The lowest BCUT2D eigenvalue weighted by Gasteiger charge is -2.16. The Morgan fingerprint density at radius 1 is 1.18 bits per heavy atom. The fraction of sp³-hybridized carbons (Fsp3) is 0.833. The second-order valence-electron chi connectivity index (χ2n) is 4.83. The summed E-state index contributed by atoms with van der Waals surface area (Å²) in [5.74, 6) is 0.124. The second kappa shape index (κ2) is 5.49.